The minimum Gasteiger partial charge on any atom is -0.368 e. The lowest BCUT2D eigenvalue weighted by molar-refractivity contribution is -0.384. The summed E-state index contributed by atoms with van der Waals surface area (Å²) in [7, 11) is 0. The summed E-state index contributed by atoms with van der Waals surface area (Å²) in [5.74, 6) is 0.0239. The van der Waals surface area contributed by atoms with Gasteiger partial charge in [0.1, 0.15) is 6.07 Å². The van der Waals surface area contributed by atoms with Gasteiger partial charge in [-0.25, -0.2) is 0 Å². The van der Waals surface area contributed by atoms with Gasteiger partial charge in [-0.1, -0.05) is 6.92 Å². The van der Waals surface area contributed by atoms with E-state index in [9.17, 15) is 20.2 Å². The number of nitro benzene ring substituents is 1. The fourth-order valence-electron chi connectivity index (χ4n) is 2.78. The van der Waals surface area contributed by atoms with E-state index in [0.29, 0.717) is 44.0 Å². The summed E-state index contributed by atoms with van der Waals surface area (Å²) in [4.78, 5) is 26.4. The highest BCUT2D eigenvalue weighted by Crippen LogP contribution is 2.25. The van der Waals surface area contributed by atoms with Gasteiger partial charge < -0.3 is 10.2 Å². The molecule has 1 aromatic rings. The molecule has 0 bridgehead atoms. The van der Waals surface area contributed by atoms with Gasteiger partial charge in [-0.3, -0.25) is 19.8 Å². The Morgan fingerprint density at radius 2 is 2.08 bits per heavy atom. The number of carbonyl (C=O) groups excluding carboxylic acids is 1. The topological polar surface area (TPSA) is 103 Å². The minimum atomic E-state index is -0.502. The second-order valence-electron chi connectivity index (χ2n) is 6.21. The number of nitrogens with one attached hydrogen (secondary N) is 1. The average molecular weight is 345 g/mol. The predicted octanol–water partition coefficient (Wildman–Crippen LogP) is 1.50. The Balaban J connectivity index is 1.95. The molecule has 1 amide bonds. The molecule has 1 aliphatic rings. The summed E-state index contributed by atoms with van der Waals surface area (Å²) < 4.78 is 0. The largest absolute Gasteiger partial charge is 0.368 e. The molecule has 1 unspecified atom stereocenters. The van der Waals surface area contributed by atoms with Gasteiger partial charge in [0.05, 0.1) is 22.7 Å². The van der Waals surface area contributed by atoms with E-state index >= 15 is 0 Å². The van der Waals surface area contributed by atoms with Crippen molar-refractivity contribution in [2.45, 2.75) is 26.3 Å². The number of nitro groups is 1. The molecule has 1 saturated heterocycles. The summed E-state index contributed by atoms with van der Waals surface area (Å²) in [5.41, 5.74) is 0.926. The maximum atomic E-state index is 12.0. The van der Waals surface area contributed by atoms with Crippen LogP contribution in [0.2, 0.25) is 0 Å². The number of amides is 1. The highest BCUT2D eigenvalue weighted by molar-refractivity contribution is 5.78. The third kappa shape index (κ3) is 4.90. The third-order valence-corrected chi connectivity index (χ3v) is 4.41. The second-order valence-corrected chi connectivity index (χ2v) is 6.21. The van der Waals surface area contributed by atoms with Crippen LogP contribution in [0, 0.1) is 21.4 Å². The number of hydrogen-bond donors (Lipinski definition) is 1. The van der Waals surface area contributed by atoms with E-state index in [2.05, 4.69) is 10.2 Å². The van der Waals surface area contributed by atoms with Crippen molar-refractivity contribution in [2.75, 3.05) is 37.6 Å². The number of non-ortho nitro benzene ring substituents is 1. The van der Waals surface area contributed by atoms with E-state index < -0.39 is 4.92 Å². The van der Waals surface area contributed by atoms with Crippen LogP contribution in [0.15, 0.2) is 18.2 Å². The zero-order valence-corrected chi connectivity index (χ0v) is 14.6. The highest BCUT2D eigenvalue weighted by Gasteiger charge is 2.22. The number of rotatable bonds is 6. The van der Waals surface area contributed by atoms with Crippen LogP contribution in [0.5, 0.6) is 0 Å². The summed E-state index contributed by atoms with van der Waals surface area (Å²) in [6.45, 7) is 7.12. The van der Waals surface area contributed by atoms with Gasteiger partial charge >= 0.3 is 0 Å². The number of piperazine rings is 1. The Morgan fingerprint density at radius 1 is 1.40 bits per heavy atom. The van der Waals surface area contributed by atoms with Gasteiger partial charge in [-0.05, 0) is 19.4 Å². The van der Waals surface area contributed by atoms with Crippen molar-refractivity contribution in [1.82, 2.24) is 10.2 Å². The number of nitrogens with zero attached hydrogens (tertiary/aromatic N) is 4. The maximum absolute atomic E-state index is 12.0. The monoisotopic (exact) mass is 345 g/mol. The zero-order valence-electron chi connectivity index (χ0n) is 14.6. The molecule has 0 saturated carbocycles. The SMILES string of the molecule is CCC(C)NC(=O)CN1CCN(c2ccc([N+](=O)[O-])cc2C#N)CC1. The fraction of sp³-hybridized carbons (Fsp3) is 0.529. The van der Waals surface area contributed by atoms with Crippen LogP contribution >= 0.6 is 0 Å². The Kier molecular flexibility index (Phi) is 6.31. The van der Waals surface area contributed by atoms with E-state index in [1.54, 1.807) is 6.07 Å². The summed E-state index contributed by atoms with van der Waals surface area (Å²) in [6.07, 6.45) is 0.899. The molecule has 25 heavy (non-hydrogen) atoms. The van der Waals surface area contributed by atoms with Gasteiger partial charge in [0.15, 0.2) is 0 Å². The number of nitriles is 1. The minimum absolute atomic E-state index is 0.0239. The van der Waals surface area contributed by atoms with Crippen molar-refractivity contribution in [3.63, 3.8) is 0 Å². The van der Waals surface area contributed by atoms with Crippen molar-refractivity contribution >= 4 is 17.3 Å². The molecule has 1 aromatic carbocycles. The van der Waals surface area contributed by atoms with Gasteiger partial charge in [0.2, 0.25) is 5.91 Å². The van der Waals surface area contributed by atoms with Crippen LogP contribution in [-0.2, 0) is 4.79 Å². The normalized spacial score (nSPS) is 16.1. The summed E-state index contributed by atoms with van der Waals surface area (Å²) >= 11 is 0. The molecule has 1 atom stereocenters. The first kappa shape index (κ1) is 18.7. The zero-order chi connectivity index (χ0) is 18.4. The molecule has 8 heteroatoms. The van der Waals surface area contributed by atoms with E-state index in [1.807, 2.05) is 24.8 Å². The first-order chi connectivity index (χ1) is 11.9. The highest BCUT2D eigenvalue weighted by atomic mass is 16.6. The molecule has 0 radical (unpaired) electrons. The van der Waals surface area contributed by atoms with Crippen LogP contribution in [0.1, 0.15) is 25.8 Å². The number of benzene rings is 1. The lowest BCUT2D eigenvalue weighted by Crippen LogP contribution is -2.50. The van der Waals surface area contributed by atoms with Gasteiger partial charge in [-0.15, -0.1) is 0 Å². The maximum Gasteiger partial charge on any atom is 0.270 e. The van der Waals surface area contributed by atoms with Crippen molar-refractivity contribution < 1.29 is 9.72 Å². The molecule has 1 N–H and O–H groups in total. The average Bonchev–Trinajstić information content (AvgIpc) is 2.61. The van der Waals surface area contributed by atoms with Gasteiger partial charge in [-0.2, -0.15) is 5.26 Å². The molecule has 1 fully saturated rings. The van der Waals surface area contributed by atoms with Crippen LogP contribution in [0.4, 0.5) is 11.4 Å². The standard InChI is InChI=1S/C17H23N5O3/c1-3-13(2)19-17(23)12-20-6-8-21(9-7-20)16-5-4-15(22(24)25)10-14(16)11-18/h4-5,10,13H,3,6-9,12H2,1-2H3,(H,19,23). The van der Waals surface area contributed by atoms with E-state index in [4.69, 9.17) is 0 Å². The summed E-state index contributed by atoms with van der Waals surface area (Å²) in [5, 5.41) is 23.1. The molecule has 1 heterocycles. The number of carbonyl (C=O) groups is 1. The molecule has 134 valence electrons. The van der Waals surface area contributed by atoms with Crippen LogP contribution in [0.25, 0.3) is 0 Å². The Labute approximate surface area is 147 Å². The molecular weight excluding hydrogens is 322 g/mol. The predicted molar refractivity (Wildman–Crippen MR) is 94.4 cm³/mol. The van der Waals surface area contributed by atoms with Crippen LogP contribution in [0.3, 0.4) is 0 Å². The second kappa shape index (κ2) is 8.44. The van der Waals surface area contributed by atoms with Crippen LogP contribution in [-0.4, -0.2) is 54.5 Å². The molecule has 1 aliphatic heterocycles. The first-order valence-corrected chi connectivity index (χ1v) is 8.39. The van der Waals surface area contributed by atoms with E-state index in [0.717, 1.165) is 6.42 Å². The lowest BCUT2D eigenvalue weighted by Gasteiger charge is -2.36. The molecular formula is C17H23N5O3. The van der Waals surface area contributed by atoms with E-state index in [1.165, 1.54) is 12.1 Å². The quantitative estimate of drug-likeness (QED) is 0.619. The van der Waals surface area contributed by atoms with Crippen molar-refractivity contribution in [3.8, 4) is 6.07 Å². The fourth-order valence-corrected chi connectivity index (χ4v) is 2.78. The third-order valence-electron chi connectivity index (χ3n) is 4.41. The van der Waals surface area contributed by atoms with Crippen molar-refractivity contribution in [1.29, 1.82) is 5.26 Å². The first-order valence-electron chi connectivity index (χ1n) is 8.39. The molecule has 8 nitrogen and oxygen atoms in total. The van der Waals surface area contributed by atoms with Gasteiger partial charge in [0.25, 0.3) is 5.69 Å². The number of anilines is 1. The smallest absolute Gasteiger partial charge is 0.270 e. The van der Waals surface area contributed by atoms with Crippen molar-refractivity contribution in [3.05, 3.63) is 33.9 Å². The summed E-state index contributed by atoms with van der Waals surface area (Å²) in [6, 6.07) is 6.56. The van der Waals surface area contributed by atoms with Gasteiger partial charge in [0, 0.05) is 44.4 Å². The lowest BCUT2D eigenvalue weighted by atomic mass is 10.1. The van der Waals surface area contributed by atoms with Crippen molar-refractivity contribution in [2.24, 2.45) is 0 Å². The Bertz CT molecular complexity index is 677. The molecule has 0 spiro atoms. The molecule has 2 rings (SSSR count). The number of hydrogen-bond acceptors (Lipinski definition) is 6. The molecule has 0 aromatic heterocycles. The molecule has 0 aliphatic carbocycles. The Morgan fingerprint density at radius 3 is 2.64 bits per heavy atom. The van der Waals surface area contributed by atoms with Crippen LogP contribution < -0.4 is 10.2 Å². The van der Waals surface area contributed by atoms with E-state index in [-0.39, 0.29) is 17.6 Å². The Hall–Kier alpha value is -2.66.